The summed E-state index contributed by atoms with van der Waals surface area (Å²) >= 11 is 0. The van der Waals surface area contributed by atoms with Gasteiger partial charge in [0.1, 0.15) is 11.2 Å². The molecule has 1 aromatic heterocycles. The van der Waals surface area contributed by atoms with Crippen LogP contribution in [0.25, 0.3) is 0 Å². The minimum absolute atomic E-state index is 0.114. The molecule has 0 radical (unpaired) electrons. The quantitative estimate of drug-likeness (QED) is 0.664. The Morgan fingerprint density at radius 3 is 2.54 bits per heavy atom. The van der Waals surface area contributed by atoms with Crippen LogP contribution in [-0.4, -0.2) is 44.9 Å². The number of hydrogen-bond donors (Lipinski definition) is 1. The molecular weight excluding hydrogens is 444 g/mol. The van der Waals surface area contributed by atoms with Crippen molar-refractivity contribution in [2.24, 2.45) is 0 Å². The molecule has 8 heteroatoms. The van der Waals surface area contributed by atoms with Gasteiger partial charge >= 0.3 is 0 Å². The van der Waals surface area contributed by atoms with E-state index in [1.165, 1.54) is 12.8 Å². The van der Waals surface area contributed by atoms with Gasteiger partial charge in [0.05, 0.1) is 12.2 Å². The highest BCUT2D eigenvalue weighted by molar-refractivity contribution is 5.99. The van der Waals surface area contributed by atoms with Gasteiger partial charge < -0.3 is 19.7 Å². The van der Waals surface area contributed by atoms with Crippen LogP contribution in [0.4, 0.5) is 0 Å². The largest absolute Gasteiger partial charge is 0.454 e. The Morgan fingerprint density at radius 2 is 1.83 bits per heavy atom. The summed E-state index contributed by atoms with van der Waals surface area (Å²) in [4.78, 5) is 29.5. The third-order valence-corrected chi connectivity index (χ3v) is 7.52. The van der Waals surface area contributed by atoms with Crippen LogP contribution in [0.3, 0.4) is 0 Å². The average Bonchev–Trinajstić information content (AvgIpc) is 3.37. The molecule has 188 valence electrons. The third kappa shape index (κ3) is 4.50. The molecule has 3 heterocycles. The van der Waals surface area contributed by atoms with E-state index >= 15 is 0 Å². The van der Waals surface area contributed by atoms with Crippen LogP contribution in [0.15, 0.2) is 24.3 Å². The Bertz CT molecular complexity index is 1130. The van der Waals surface area contributed by atoms with Crippen molar-refractivity contribution < 1.29 is 19.1 Å². The molecule has 0 spiro atoms. The van der Waals surface area contributed by atoms with Crippen molar-refractivity contribution in [2.75, 3.05) is 6.79 Å². The van der Waals surface area contributed by atoms with Crippen molar-refractivity contribution in [2.45, 2.75) is 96.3 Å². The summed E-state index contributed by atoms with van der Waals surface area (Å²) < 4.78 is 12.7. The SMILES string of the molecule is CC(C)(C)c1cc2n(n1)C[C@@](C)(C(=O)NC1CCCCCC1)N(Cc1ccc3c(c1)OCO3)C2=O. The molecule has 35 heavy (non-hydrogen) atoms. The fraction of sp³-hybridized carbons (Fsp3) is 0.593. The van der Waals surface area contributed by atoms with E-state index in [9.17, 15) is 9.59 Å². The van der Waals surface area contributed by atoms with Gasteiger partial charge in [0.2, 0.25) is 12.7 Å². The Hall–Kier alpha value is -3.03. The number of nitrogens with one attached hydrogen (secondary N) is 1. The predicted octanol–water partition coefficient (Wildman–Crippen LogP) is 4.16. The van der Waals surface area contributed by atoms with Crippen LogP contribution < -0.4 is 14.8 Å². The molecular formula is C27H36N4O4. The van der Waals surface area contributed by atoms with E-state index in [0.717, 1.165) is 36.9 Å². The summed E-state index contributed by atoms with van der Waals surface area (Å²) in [5, 5.41) is 8.05. The number of ether oxygens (including phenoxy) is 2. The number of carbonyl (C=O) groups excluding carboxylic acids is 2. The van der Waals surface area contributed by atoms with E-state index in [0.29, 0.717) is 30.3 Å². The Balaban J connectivity index is 1.49. The minimum atomic E-state index is -1.08. The maximum absolute atomic E-state index is 13.9. The lowest BCUT2D eigenvalue weighted by molar-refractivity contribution is -0.134. The van der Waals surface area contributed by atoms with Crippen molar-refractivity contribution >= 4 is 11.8 Å². The molecule has 0 unspecified atom stereocenters. The summed E-state index contributed by atoms with van der Waals surface area (Å²) in [7, 11) is 0. The van der Waals surface area contributed by atoms with Crippen molar-refractivity contribution in [1.82, 2.24) is 20.0 Å². The molecule has 8 nitrogen and oxygen atoms in total. The monoisotopic (exact) mass is 480 g/mol. The lowest BCUT2D eigenvalue weighted by atomic mass is 9.91. The lowest BCUT2D eigenvalue weighted by Crippen LogP contribution is -2.64. The van der Waals surface area contributed by atoms with Gasteiger partial charge in [-0.15, -0.1) is 0 Å². The number of fused-ring (bicyclic) bond motifs is 2. The maximum Gasteiger partial charge on any atom is 0.273 e. The van der Waals surface area contributed by atoms with Crippen LogP contribution in [0.5, 0.6) is 11.5 Å². The molecule has 5 rings (SSSR count). The average molecular weight is 481 g/mol. The van der Waals surface area contributed by atoms with Gasteiger partial charge in [-0.2, -0.15) is 5.10 Å². The van der Waals surface area contributed by atoms with E-state index < -0.39 is 5.54 Å². The summed E-state index contributed by atoms with van der Waals surface area (Å²) in [6.07, 6.45) is 6.65. The highest BCUT2D eigenvalue weighted by atomic mass is 16.7. The van der Waals surface area contributed by atoms with E-state index in [1.54, 1.807) is 9.58 Å². The van der Waals surface area contributed by atoms with Gasteiger partial charge in [0.25, 0.3) is 5.91 Å². The van der Waals surface area contributed by atoms with Crippen LogP contribution in [0.2, 0.25) is 0 Å². The fourth-order valence-electron chi connectivity index (χ4n) is 5.24. The second-order valence-electron chi connectivity index (χ2n) is 11.3. The molecule has 1 fully saturated rings. The second-order valence-corrected chi connectivity index (χ2v) is 11.3. The lowest BCUT2D eigenvalue weighted by Gasteiger charge is -2.44. The third-order valence-electron chi connectivity index (χ3n) is 7.52. The number of aromatic nitrogens is 2. The van der Waals surface area contributed by atoms with Gasteiger partial charge in [0.15, 0.2) is 11.5 Å². The van der Waals surface area contributed by atoms with Crippen LogP contribution in [0, 0.1) is 0 Å². The number of nitrogens with zero attached hydrogens (tertiary/aromatic N) is 3. The zero-order valence-electron chi connectivity index (χ0n) is 21.2. The molecule has 0 bridgehead atoms. The highest BCUT2D eigenvalue weighted by Gasteiger charge is 2.48. The molecule has 0 saturated heterocycles. The molecule has 3 aliphatic rings. The summed E-state index contributed by atoms with van der Waals surface area (Å²) in [5.74, 6) is 1.06. The molecule has 2 amide bonds. The minimum Gasteiger partial charge on any atom is -0.454 e. The molecule has 1 N–H and O–H groups in total. The summed E-state index contributed by atoms with van der Waals surface area (Å²) in [5.41, 5.74) is 0.979. The molecule has 1 saturated carbocycles. The van der Waals surface area contributed by atoms with E-state index in [-0.39, 0.29) is 30.1 Å². The van der Waals surface area contributed by atoms with Crippen LogP contribution >= 0.6 is 0 Å². The zero-order valence-corrected chi connectivity index (χ0v) is 21.2. The molecule has 1 atom stereocenters. The number of carbonyl (C=O) groups is 2. The van der Waals surface area contributed by atoms with Crippen molar-refractivity contribution in [3.05, 3.63) is 41.2 Å². The van der Waals surface area contributed by atoms with Crippen molar-refractivity contribution in [3.8, 4) is 11.5 Å². The molecule has 1 aliphatic carbocycles. The maximum atomic E-state index is 13.9. The molecule has 1 aromatic carbocycles. The number of benzene rings is 1. The van der Waals surface area contributed by atoms with Gasteiger partial charge in [-0.3, -0.25) is 14.3 Å². The standard InChI is InChI=1S/C27H36N4O4/c1-26(2,3)23-14-20-24(32)30(15-18-11-12-21-22(13-18)35-17-34-21)27(4,16-31(20)29-23)25(33)28-19-9-7-5-6-8-10-19/h11-14,19H,5-10,15-17H2,1-4H3,(H,28,33)/t27-/m0/s1. The normalized spacial score (nSPS) is 22.6. The van der Waals surface area contributed by atoms with E-state index in [1.807, 2.05) is 31.2 Å². The Kier molecular flexibility index (Phi) is 6.01. The first-order chi connectivity index (χ1) is 16.6. The number of hydrogen-bond acceptors (Lipinski definition) is 5. The highest BCUT2D eigenvalue weighted by Crippen LogP contribution is 2.36. The fourth-order valence-corrected chi connectivity index (χ4v) is 5.24. The smallest absolute Gasteiger partial charge is 0.273 e. The van der Waals surface area contributed by atoms with Crippen molar-refractivity contribution in [1.29, 1.82) is 0 Å². The predicted molar refractivity (Wildman–Crippen MR) is 131 cm³/mol. The Labute approximate surface area is 207 Å². The van der Waals surface area contributed by atoms with Gasteiger partial charge in [-0.25, -0.2) is 0 Å². The second kappa shape index (κ2) is 8.88. The topological polar surface area (TPSA) is 85.7 Å². The van der Waals surface area contributed by atoms with Crippen LogP contribution in [-0.2, 0) is 23.3 Å². The first-order valence-corrected chi connectivity index (χ1v) is 12.7. The van der Waals surface area contributed by atoms with E-state index in [2.05, 4.69) is 26.1 Å². The first-order valence-electron chi connectivity index (χ1n) is 12.7. The first kappa shape index (κ1) is 23.7. The number of amides is 2. The summed E-state index contributed by atoms with van der Waals surface area (Å²) in [6, 6.07) is 7.70. The van der Waals surface area contributed by atoms with E-state index in [4.69, 9.17) is 14.6 Å². The van der Waals surface area contributed by atoms with Gasteiger partial charge in [0, 0.05) is 18.0 Å². The summed E-state index contributed by atoms with van der Waals surface area (Å²) in [6.45, 7) is 8.90. The van der Waals surface area contributed by atoms with Gasteiger partial charge in [-0.05, 0) is 43.5 Å². The molecule has 2 aromatic rings. The number of rotatable bonds is 4. The zero-order chi connectivity index (χ0) is 24.8. The van der Waals surface area contributed by atoms with Crippen LogP contribution in [0.1, 0.15) is 88.0 Å². The Morgan fingerprint density at radius 1 is 1.11 bits per heavy atom. The van der Waals surface area contributed by atoms with Gasteiger partial charge in [-0.1, -0.05) is 52.5 Å². The van der Waals surface area contributed by atoms with Crippen molar-refractivity contribution in [3.63, 3.8) is 0 Å². The molecule has 2 aliphatic heterocycles.